The minimum atomic E-state index is -0.661. The summed E-state index contributed by atoms with van der Waals surface area (Å²) in [6, 6.07) is 6.48. The molecule has 1 aromatic carbocycles. The Kier molecular flexibility index (Phi) is 4.47. The van der Waals surface area contributed by atoms with E-state index in [0.29, 0.717) is 24.9 Å². The molecule has 1 aromatic rings. The number of carbonyl (C=O) groups is 3. The van der Waals surface area contributed by atoms with Gasteiger partial charge in [0.1, 0.15) is 6.04 Å². The van der Waals surface area contributed by atoms with Gasteiger partial charge >= 0.3 is 0 Å². The van der Waals surface area contributed by atoms with Crippen LogP contribution in [0, 0.1) is 0 Å². The highest BCUT2D eigenvalue weighted by Gasteiger charge is 2.28. The zero-order chi connectivity index (χ0) is 14.5. The van der Waals surface area contributed by atoms with Crippen LogP contribution in [-0.2, 0) is 16.0 Å². The molecule has 0 aromatic heterocycles. The summed E-state index contributed by atoms with van der Waals surface area (Å²) >= 11 is 0. The highest BCUT2D eigenvalue weighted by atomic mass is 16.2. The largest absolute Gasteiger partial charge is 0.340 e. The van der Waals surface area contributed by atoms with Crippen molar-refractivity contribution in [3.05, 3.63) is 35.4 Å². The van der Waals surface area contributed by atoms with Gasteiger partial charge < -0.3 is 11.1 Å². The topological polar surface area (TPSA) is 101 Å². The molecule has 1 heterocycles. The molecule has 0 radical (unpaired) electrons. The first-order chi connectivity index (χ1) is 9.61. The molecule has 0 spiro atoms. The number of imide groups is 1. The second-order valence-electron chi connectivity index (χ2n) is 4.67. The molecule has 2 rings (SSSR count). The molecule has 106 valence electrons. The average molecular weight is 275 g/mol. The summed E-state index contributed by atoms with van der Waals surface area (Å²) in [5, 5.41) is 4.87. The zero-order valence-electron chi connectivity index (χ0n) is 11.0. The molecular formula is C14H17N3O3. The Hall–Kier alpha value is -2.21. The number of nitrogens with two attached hydrogens (primary N) is 1. The molecular weight excluding hydrogens is 258 g/mol. The highest BCUT2D eigenvalue weighted by Crippen LogP contribution is 2.11. The summed E-state index contributed by atoms with van der Waals surface area (Å²) in [7, 11) is 0. The Morgan fingerprint density at radius 3 is 2.80 bits per heavy atom. The molecule has 1 saturated heterocycles. The molecule has 3 amide bonds. The average Bonchev–Trinajstić information content (AvgIpc) is 2.43. The molecule has 6 nitrogen and oxygen atoms in total. The molecule has 0 aliphatic carbocycles. The maximum Gasteiger partial charge on any atom is 0.252 e. The zero-order valence-corrected chi connectivity index (χ0v) is 11.0. The lowest BCUT2D eigenvalue weighted by Crippen LogP contribution is -2.52. The SMILES string of the molecule is NCCc1ccccc1C(=O)NC1CCC(=O)NC1=O. The number of piperidine rings is 1. The van der Waals surface area contributed by atoms with Crippen LogP contribution in [0.15, 0.2) is 24.3 Å². The number of hydrogen-bond acceptors (Lipinski definition) is 4. The van der Waals surface area contributed by atoms with E-state index in [4.69, 9.17) is 5.73 Å². The highest BCUT2D eigenvalue weighted by molar-refractivity contribution is 6.04. The summed E-state index contributed by atoms with van der Waals surface area (Å²) in [6.45, 7) is 0.447. The van der Waals surface area contributed by atoms with E-state index in [1.807, 2.05) is 12.1 Å². The van der Waals surface area contributed by atoms with Gasteiger partial charge in [-0.25, -0.2) is 0 Å². The van der Waals surface area contributed by atoms with E-state index >= 15 is 0 Å². The number of rotatable bonds is 4. The van der Waals surface area contributed by atoms with Crippen LogP contribution in [-0.4, -0.2) is 30.3 Å². The number of nitrogens with one attached hydrogen (secondary N) is 2. The Labute approximate surface area is 116 Å². The van der Waals surface area contributed by atoms with Crippen molar-refractivity contribution in [1.29, 1.82) is 0 Å². The third-order valence-electron chi connectivity index (χ3n) is 3.22. The molecule has 0 saturated carbocycles. The summed E-state index contributed by atoms with van der Waals surface area (Å²) in [5.74, 6) is -1.07. The fraction of sp³-hybridized carbons (Fsp3) is 0.357. The molecule has 1 aliphatic rings. The van der Waals surface area contributed by atoms with Crippen LogP contribution < -0.4 is 16.4 Å². The van der Waals surface area contributed by atoms with Crippen molar-refractivity contribution < 1.29 is 14.4 Å². The van der Waals surface area contributed by atoms with Crippen LogP contribution in [0.3, 0.4) is 0 Å². The van der Waals surface area contributed by atoms with Crippen molar-refractivity contribution in [1.82, 2.24) is 10.6 Å². The van der Waals surface area contributed by atoms with E-state index in [9.17, 15) is 14.4 Å². The van der Waals surface area contributed by atoms with Crippen molar-refractivity contribution in [3.63, 3.8) is 0 Å². The minimum absolute atomic E-state index is 0.237. The first kappa shape index (κ1) is 14.2. The number of carbonyl (C=O) groups excluding carboxylic acids is 3. The number of hydrogen-bond donors (Lipinski definition) is 3. The summed E-state index contributed by atoms with van der Waals surface area (Å²) in [4.78, 5) is 34.9. The molecule has 0 bridgehead atoms. The predicted molar refractivity (Wildman–Crippen MR) is 72.8 cm³/mol. The second-order valence-corrected chi connectivity index (χ2v) is 4.67. The standard InChI is InChI=1S/C14H17N3O3/c15-8-7-9-3-1-2-4-10(9)13(19)16-11-5-6-12(18)17-14(11)20/h1-4,11H,5-8,15H2,(H,16,19)(H,17,18,20). The lowest BCUT2D eigenvalue weighted by atomic mass is 10.0. The second kappa shape index (κ2) is 6.29. The smallest absolute Gasteiger partial charge is 0.252 e. The van der Waals surface area contributed by atoms with Gasteiger partial charge in [0.15, 0.2) is 0 Å². The van der Waals surface area contributed by atoms with Gasteiger partial charge in [-0.2, -0.15) is 0 Å². The van der Waals surface area contributed by atoms with Crippen LogP contribution in [0.4, 0.5) is 0 Å². The van der Waals surface area contributed by atoms with Gasteiger partial charge in [-0.15, -0.1) is 0 Å². The summed E-state index contributed by atoms with van der Waals surface area (Å²) in [5.41, 5.74) is 6.88. The molecule has 1 fully saturated rings. The minimum Gasteiger partial charge on any atom is -0.340 e. The van der Waals surface area contributed by atoms with Crippen LogP contribution >= 0.6 is 0 Å². The van der Waals surface area contributed by atoms with E-state index in [0.717, 1.165) is 5.56 Å². The van der Waals surface area contributed by atoms with E-state index in [-0.39, 0.29) is 18.2 Å². The van der Waals surface area contributed by atoms with Crippen molar-refractivity contribution >= 4 is 17.7 Å². The van der Waals surface area contributed by atoms with Crippen molar-refractivity contribution in [2.24, 2.45) is 5.73 Å². The normalized spacial score (nSPS) is 18.6. The van der Waals surface area contributed by atoms with Crippen LogP contribution in [0.2, 0.25) is 0 Å². The molecule has 1 unspecified atom stereocenters. The number of benzene rings is 1. The predicted octanol–water partition coefficient (Wildman–Crippen LogP) is -0.277. The van der Waals surface area contributed by atoms with Crippen LogP contribution in [0.5, 0.6) is 0 Å². The molecule has 6 heteroatoms. The van der Waals surface area contributed by atoms with Crippen LogP contribution in [0.1, 0.15) is 28.8 Å². The summed E-state index contributed by atoms with van der Waals surface area (Å²) < 4.78 is 0. The van der Waals surface area contributed by atoms with Gasteiger partial charge in [0, 0.05) is 12.0 Å². The monoisotopic (exact) mass is 275 g/mol. The molecule has 4 N–H and O–H groups in total. The van der Waals surface area contributed by atoms with E-state index in [1.54, 1.807) is 12.1 Å². The lowest BCUT2D eigenvalue weighted by Gasteiger charge is -2.22. The summed E-state index contributed by atoms with van der Waals surface area (Å²) in [6.07, 6.45) is 1.16. The van der Waals surface area contributed by atoms with E-state index in [2.05, 4.69) is 10.6 Å². The van der Waals surface area contributed by atoms with Crippen molar-refractivity contribution in [3.8, 4) is 0 Å². The fourth-order valence-electron chi connectivity index (χ4n) is 2.18. The Morgan fingerprint density at radius 1 is 1.35 bits per heavy atom. The maximum absolute atomic E-state index is 12.2. The third-order valence-corrected chi connectivity index (χ3v) is 3.22. The Bertz CT molecular complexity index is 542. The molecule has 1 aliphatic heterocycles. The van der Waals surface area contributed by atoms with Crippen molar-refractivity contribution in [2.45, 2.75) is 25.3 Å². The quantitative estimate of drug-likeness (QED) is 0.658. The van der Waals surface area contributed by atoms with Gasteiger partial charge in [0.2, 0.25) is 11.8 Å². The maximum atomic E-state index is 12.2. The van der Waals surface area contributed by atoms with Gasteiger partial charge in [0.05, 0.1) is 0 Å². The van der Waals surface area contributed by atoms with Crippen LogP contribution in [0.25, 0.3) is 0 Å². The fourth-order valence-corrected chi connectivity index (χ4v) is 2.18. The van der Waals surface area contributed by atoms with Crippen molar-refractivity contribution in [2.75, 3.05) is 6.54 Å². The lowest BCUT2D eigenvalue weighted by molar-refractivity contribution is -0.134. The van der Waals surface area contributed by atoms with Gasteiger partial charge in [-0.3, -0.25) is 19.7 Å². The third kappa shape index (κ3) is 3.21. The number of amides is 3. The van der Waals surface area contributed by atoms with E-state index < -0.39 is 11.9 Å². The molecule has 1 atom stereocenters. The van der Waals surface area contributed by atoms with Gasteiger partial charge in [-0.1, -0.05) is 18.2 Å². The Morgan fingerprint density at radius 2 is 2.10 bits per heavy atom. The Balaban J connectivity index is 2.08. The first-order valence-corrected chi connectivity index (χ1v) is 6.54. The van der Waals surface area contributed by atoms with Gasteiger partial charge in [0.25, 0.3) is 5.91 Å². The van der Waals surface area contributed by atoms with E-state index in [1.165, 1.54) is 0 Å². The first-order valence-electron chi connectivity index (χ1n) is 6.54. The molecule has 20 heavy (non-hydrogen) atoms. The van der Waals surface area contributed by atoms with Gasteiger partial charge in [-0.05, 0) is 31.0 Å².